The van der Waals surface area contributed by atoms with Crippen LogP contribution in [0.4, 0.5) is 0 Å². The first-order chi connectivity index (χ1) is 7.95. The quantitative estimate of drug-likeness (QED) is 0.740. The van der Waals surface area contributed by atoms with E-state index in [4.69, 9.17) is 4.74 Å². The third-order valence-electron chi connectivity index (χ3n) is 2.24. The lowest BCUT2D eigenvalue weighted by Crippen LogP contribution is -2.32. The van der Waals surface area contributed by atoms with Crippen molar-refractivity contribution in [3.05, 3.63) is 30.6 Å². The van der Waals surface area contributed by atoms with Crippen LogP contribution in [-0.4, -0.2) is 47.2 Å². The molecule has 0 N–H and O–H groups in total. The van der Waals surface area contributed by atoms with Gasteiger partial charge in [0.1, 0.15) is 5.03 Å². The summed E-state index contributed by atoms with van der Waals surface area (Å²) in [4.78, 5) is 2.28. The largest absolute Gasteiger partial charge is 0.378 e. The van der Waals surface area contributed by atoms with Crippen molar-refractivity contribution in [1.82, 2.24) is 15.1 Å². The molecule has 0 unspecified atom stereocenters. The van der Waals surface area contributed by atoms with Gasteiger partial charge in [-0.2, -0.15) is 5.10 Å². The zero-order chi connectivity index (χ0) is 11.1. The Labute approximate surface area is 99.7 Å². The van der Waals surface area contributed by atoms with Gasteiger partial charge in [-0.3, -0.25) is 0 Å². The third-order valence-corrected chi connectivity index (χ3v) is 3.11. The van der Waals surface area contributed by atoms with Crippen LogP contribution in [0, 0.1) is 0 Å². The first kappa shape index (κ1) is 11.4. The smallest absolute Gasteiger partial charge is 0.119 e. The molecule has 0 atom stereocenters. The standard InChI is InChI=1S/C11H15N3OS/c1-3-11(13-12-4-1)16-10-2-5-14-6-8-15-9-7-14/h1-5H,6-10H2. The van der Waals surface area contributed by atoms with Gasteiger partial charge in [0.15, 0.2) is 0 Å². The Hall–Kier alpha value is -1.07. The summed E-state index contributed by atoms with van der Waals surface area (Å²) in [6, 6.07) is 3.88. The molecule has 86 valence electrons. The minimum absolute atomic E-state index is 0.835. The van der Waals surface area contributed by atoms with E-state index in [0.717, 1.165) is 37.1 Å². The number of hydrogen-bond acceptors (Lipinski definition) is 5. The number of aromatic nitrogens is 2. The van der Waals surface area contributed by atoms with Crippen molar-refractivity contribution in [1.29, 1.82) is 0 Å². The van der Waals surface area contributed by atoms with Crippen LogP contribution < -0.4 is 0 Å². The molecule has 0 spiro atoms. The van der Waals surface area contributed by atoms with Gasteiger partial charge < -0.3 is 9.64 Å². The molecule has 0 bridgehead atoms. The minimum Gasteiger partial charge on any atom is -0.378 e. The predicted molar refractivity (Wildman–Crippen MR) is 64.3 cm³/mol. The maximum atomic E-state index is 5.28. The van der Waals surface area contributed by atoms with E-state index in [0.29, 0.717) is 0 Å². The lowest BCUT2D eigenvalue weighted by atomic mass is 10.4. The van der Waals surface area contributed by atoms with Crippen molar-refractivity contribution in [2.24, 2.45) is 0 Å². The molecule has 1 saturated heterocycles. The van der Waals surface area contributed by atoms with Crippen molar-refractivity contribution in [2.75, 3.05) is 32.1 Å². The van der Waals surface area contributed by atoms with E-state index in [1.165, 1.54) is 0 Å². The number of morpholine rings is 1. The van der Waals surface area contributed by atoms with Crippen LogP contribution in [0.15, 0.2) is 35.6 Å². The van der Waals surface area contributed by atoms with E-state index in [1.54, 1.807) is 18.0 Å². The molecule has 0 aliphatic carbocycles. The molecule has 1 aromatic rings. The van der Waals surface area contributed by atoms with Gasteiger partial charge in [-0.1, -0.05) is 6.08 Å². The minimum atomic E-state index is 0.835. The fraction of sp³-hybridized carbons (Fsp3) is 0.455. The maximum Gasteiger partial charge on any atom is 0.119 e. The number of thioether (sulfide) groups is 1. The summed E-state index contributed by atoms with van der Waals surface area (Å²) in [6.07, 6.45) is 5.99. The van der Waals surface area contributed by atoms with Gasteiger partial charge in [0.2, 0.25) is 0 Å². The second-order valence-electron chi connectivity index (χ2n) is 3.41. The van der Waals surface area contributed by atoms with Crippen LogP contribution >= 0.6 is 11.8 Å². The van der Waals surface area contributed by atoms with E-state index < -0.39 is 0 Å². The molecule has 1 aliphatic rings. The summed E-state index contributed by atoms with van der Waals surface area (Å²) in [5, 5.41) is 8.81. The average molecular weight is 237 g/mol. The van der Waals surface area contributed by atoms with Gasteiger partial charge in [0.25, 0.3) is 0 Å². The maximum absolute atomic E-state index is 5.28. The zero-order valence-corrected chi connectivity index (χ0v) is 9.90. The highest BCUT2D eigenvalue weighted by atomic mass is 32.2. The Morgan fingerprint density at radius 3 is 3.06 bits per heavy atom. The molecule has 0 saturated carbocycles. The number of rotatable bonds is 4. The lowest BCUT2D eigenvalue weighted by Gasteiger charge is -2.24. The number of hydrogen-bond donors (Lipinski definition) is 0. The molecule has 16 heavy (non-hydrogen) atoms. The first-order valence-corrected chi connectivity index (χ1v) is 6.33. The molecule has 2 heterocycles. The van der Waals surface area contributed by atoms with Gasteiger partial charge in [0, 0.05) is 25.0 Å². The molecule has 1 aromatic heterocycles. The van der Waals surface area contributed by atoms with Crippen LogP contribution in [0.2, 0.25) is 0 Å². The van der Waals surface area contributed by atoms with Crippen molar-refractivity contribution >= 4 is 11.8 Å². The second kappa shape index (κ2) is 6.50. The Balaban J connectivity index is 1.69. The third kappa shape index (κ3) is 3.83. The van der Waals surface area contributed by atoms with E-state index in [2.05, 4.69) is 27.4 Å². The molecule has 5 heteroatoms. The predicted octanol–water partition coefficient (Wildman–Crippen LogP) is 1.41. The van der Waals surface area contributed by atoms with Gasteiger partial charge in [-0.05, 0) is 18.3 Å². The summed E-state index contributed by atoms with van der Waals surface area (Å²) in [7, 11) is 0. The van der Waals surface area contributed by atoms with Crippen molar-refractivity contribution < 1.29 is 4.74 Å². The van der Waals surface area contributed by atoms with Gasteiger partial charge in [-0.15, -0.1) is 16.9 Å². The molecular formula is C11H15N3OS. The number of ether oxygens (including phenoxy) is 1. The van der Waals surface area contributed by atoms with Gasteiger partial charge >= 0.3 is 0 Å². The Kier molecular flexibility index (Phi) is 4.64. The lowest BCUT2D eigenvalue weighted by molar-refractivity contribution is 0.0593. The highest BCUT2D eigenvalue weighted by Crippen LogP contribution is 2.13. The summed E-state index contributed by atoms with van der Waals surface area (Å²) >= 11 is 1.69. The normalized spacial score (nSPS) is 16.9. The summed E-state index contributed by atoms with van der Waals surface area (Å²) in [5.74, 6) is 0.927. The highest BCUT2D eigenvalue weighted by molar-refractivity contribution is 7.99. The fourth-order valence-electron chi connectivity index (χ4n) is 1.42. The van der Waals surface area contributed by atoms with Crippen molar-refractivity contribution in [3.8, 4) is 0 Å². The monoisotopic (exact) mass is 237 g/mol. The molecule has 0 amide bonds. The number of nitrogens with zero attached hydrogens (tertiary/aromatic N) is 3. The SMILES string of the molecule is C(=CN1CCOCC1)CSc1cccnn1. The van der Waals surface area contributed by atoms with Crippen molar-refractivity contribution in [3.63, 3.8) is 0 Å². The zero-order valence-electron chi connectivity index (χ0n) is 9.08. The molecule has 0 aromatic carbocycles. The molecule has 1 fully saturated rings. The Morgan fingerprint density at radius 1 is 1.44 bits per heavy atom. The summed E-state index contributed by atoms with van der Waals surface area (Å²) < 4.78 is 5.28. The molecule has 0 radical (unpaired) electrons. The summed E-state index contributed by atoms with van der Waals surface area (Å²) in [5.41, 5.74) is 0. The van der Waals surface area contributed by atoms with Crippen LogP contribution in [0.1, 0.15) is 0 Å². The second-order valence-corrected chi connectivity index (χ2v) is 4.45. The topological polar surface area (TPSA) is 38.2 Å². The van der Waals surface area contributed by atoms with E-state index in [9.17, 15) is 0 Å². The molecular weight excluding hydrogens is 222 g/mol. The molecule has 1 aliphatic heterocycles. The van der Waals surface area contributed by atoms with Crippen LogP contribution in [0.25, 0.3) is 0 Å². The molecule has 2 rings (SSSR count). The van der Waals surface area contributed by atoms with Crippen LogP contribution in [0.5, 0.6) is 0 Å². The van der Waals surface area contributed by atoms with Crippen LogP contribution in [-0.2, 0) is 4.74 Å². The molecule has 4 nitrogen and oxygen atoms in total. The van der Waals surface area contributed by atoms with Gasteiger partial charge in [0.05, 0.1) is 13.2 Å². The van der Waals surface area contributed by atoms with E-state index in [-0.39, 0.29) is 0 Å². The Bertz CT molecular complexity index is 325. The Morgan fingerprint density at radius 2 is 2.31 bits per heavy atom. The van der Waals surface area contributed by atoms with Crippen LogP contribution in [0.3, 0.4) is 0 Å². The summed E-state index contributed by atoms with van der Waals surface area (Å²) in [6.45, 7) is 3.65. The van der Waals surface area contributed by atoms with Gasteiger partial charge in [-0.25, -0.2) is 0 Å². The highest BCUT2D eigenvalue weighted by Gasteiger charge is 2.04. The van der Waals surface area contributed by atoms with Crippen molar-refractivity contribution in [2.45, 2.75) is 5.03 Å². The fourth-order valence-corrected chi connectivity index (χ4v) is 2.05. The first-order valence-electron chi connectivity index (χ1n) is 5.34. The average Bonchev–Trinajstić information content (AvgIpc) is 2.37. The van der Waals surface area contributed by atoms with E-state index >= 15 is 0 Å². The van der Waals surface area contributed by atoms with E-state index in [1.807, 2.05) is 12.1 Å².